The van der Waals surface area contributed by atoms with Gasteiger partial charge in [0.05, 0.1) is 0 Å². The van der Waals surface area contributed by atoms with Crippen LogP contribution in [0.25, 0.3) is 0 Å². The lowest BCUT2D eigenvalue weighted by Crippen LogP contribution is -2.06. The van der Waals surface area contributed by atoms with Gasteiger partial charge >= 0.3 is 0 Å². The molecule has 0 fully saturated rings. The fourth-order valence-electron chi connectivity index (χ4n) is 1.96. The summed E-state index contributed by atoms with van der Waals surface area (Å²) in [6, 6.07) is 6.52. The van der Waals surface area contributed by atoms with Gasteiger partial charge in [-0.2, -0.15) is 0 Å². The van der Waals surface area contributed by atoms with Gasteiger partial charge in [0.2, 0.25) is 0 Å². The number of benzene rings is 1. The summed E-state index contributed by atoms with van der Waals surface area (Å²) in [6.07, 6.45) is 1.69. The van der Waals surface area contributed by atoms with Gasteiger partial charge in [0.15, 0.2) is 0 Å². The molecule has 0 saturated heterocycles. The molecule has 82 valence electrons. The molecule has 0 aliphatic heterocycles. The van der Waals surface area contributed by atoms with E-state index in [0.29, 0.717) is 12.3 Å². The van der Waals surface area contributed by atoms with Crippen LogP contribution in [0.15, 0.2) is 18.2 Å². The molecule has 0 aliphatic carbocycles. The highest BCUT2D eigenvalue weighted by atomic mass is 16.1. The van der Waals surface area contributed by atoms with Crippen LogP contribution in [0.4, 0.5) is 0 Å². The van der Waals surface area contributed by atoms with E-state index in [9.17, 15) is 4.79 Å². The number of hydrogen-bond acceptors (Lipinski definition) is 1. The maximum atomic E-state index is 11.0. The smallest absolute Gasteiger partial charge is 0.130 e. The lowest BCUT2D eigenvalue weighted by molar-refractivity contribution is -0.117. The molecule has 0 amide bonds. The molecule has 1 aromatic carbocycles. The highest BCUT2D eigenvalue weighted by molar-refractivity contribution is 5.75. The van der Waals surface area contributed by atoms with Crippen LogP contribution in [0.3, 0.4) is 0 Å². The fraction of sp³-hybridized carbons (Fsp3) is 0.500. The van der Waals surface area contributed by atoms with Gasteiger partial charge in [-0.15, -0.1) is 0 Å². The van der Waals surface area contributed by atoms with Crippen molar-refractivity contribution >= 4 is 5.78 Å². The maximum Gasteiger partial charge on any atom is 0.130 e. The molecule has 1 aromatic rings. The van der Waals surface area contributed by atoms with Gasteiger partial charge in [-0.3, -0.25) is 0 Å². The van der Waals surface area contributed by atoms with Gasteiger partial charge in [-0.1, -0.05) is 30.7 Å². The molecule has 0 bridgehead atoms. The molecule has 0 spiro atoms. The summed E-state index contributed by atoms with van der Waals surface area (Å²) >= 11 is 0. The molecule has 0 radical (unpaired) electrons. The summed E-state index contributed by atoms with van der Waals surface area (Å²) in [4.78, 5) is 11.0. The van der Waals surface area contributed by atoms with Crippen molar-refractivity contribution in [3.63, 3.8) is 0 Å². The molecule has 1 atom stereocenters. The Morgan fingerprint density at radius 1 is 1.33 bits per heavy atom. The Hall–Kier alpha value is -1.11. The monoisotopic (exact) mass is 204 g/mol. The zero-order valence-electron chi connectivity index (χ0n) is 10.1. The van der Waals surface area contributed by atoms with E-state index in [1.807, 2.05) is 0 Å². The minimum atomic E-state index is 0.285. The molecule has 0 aromatic heterocycles. The molecule has 1 rings (SSSR count). The Labute approximate surface area is 92.5 Å². The van der Waals surface area contributed by atoms with Crippen LogP contribution in [0.5, 0.6) is 0 Å². The maximum absolute atomic E-state index is 11.0. The number of aryl methyl sites for hydroxylation is 2. The third-order valence-corrected chi connectivity index (χ3v) is 2.71. The molecule has 0 N–H and O–H groups in total. The Bertz CT molecular complexity index is 352. The SMILES string of the molecule is CC(=O)CC(C)Cc1cc(C)ccc1C. The number of carbonyl (C=O) groups excluding carboxylic acids is 1. The van der Waals surface area contributed by atoms with E-state index in [4.69, 9.17) is 0 Å². The second kappa shape index (κ2) is 5.11. The molecule has 0 heterocycles. The van der Waals surface area contributed by atoms with Gasteiger partial charge in [0.1, 0.15) is 5.78 Å². The molecule has 0 saturated carbocycles. The first-order chi connectivity index (χ1) is 6.99. The first kappa shape index (κ1) is 12.0. The lowest BCUT2D eigenvalue weighted by atomic mass is 9.93. The standard InChI is InChI=1S/C14H20O/c1-10-5-6-12(3)14(8-10)9-11(2)7-13(4)15/h5-6,8,11H,7,9H2,1-4H3. The zero-order valence-corrected chi connectivity index (χ0v) is 10.1. The van der Waals surface area contributed by atoms with Crippen LogP contribution < -0.4 is 0 Å². The molecule has 1 heteroatoms. The highest BCUT2D eigenvalue weighted by Crippen LogP contribution is 2.17. The molecule has 1 nitrogen and oxygen atoms in total. The van der Waals surface area contributed by atoms with Crippen molar-refractivity contribution in [2.45, 2.75) is 40.5 Å². The highest BCUT2D eigenvalue weighted by Gasteiger charge is 2.08. The predicted molar refractivity (Wildman–Crippen MR) is 64.1 cm³/mol. The van der Waals surface area contributed by atoms with Crippen molar-refractivity contribution in [1.82, 2.24) is 0 Å². The van der Waals surface area contributed by atoms with Crippen molar-refractivity contribution in [2.75, 3.05) is 0 Å². The third kappa shape index (κ3) is 3.86. The number of rotatable bonds is 4. The van der Waals surface area contributed by atoms with Crippen LogP contribution >= 0.6 is 0 Å². The van der Waals surface area contributed by atoms with Crippen molar-refractivity contribution < 1.29 is 4.79 Å². The van der Waals surface area contributed by atoms with E-state index >= 15 is 0 Å². The second-order valence-corrected chi connectivity index (χ2v) is 4.65. The van der Waals surface area contributed by atoms with Gasteiger partial charge in [-0.25, -0.2) is 0 Å². The average Bonchev–Trinajstić information content (AvgIpc) is 2.10. The molecule has 0 aliphatic rings. The predicted octanol–water partition coefficient (Wildman–Crippen LogP) is 3.46. The van der Waals surface area contributed by atoms with Crippen molar-refractivity contribution in [3.8, 4) is 0 Å². The lowest BCUT2D eigenvalue weighted by Gasteiger charge is -2.12. The van der Waals surface area contributed by atoms with Crippen molar-refractivity contribution in [2.24, 2.45) is 5.92 Å². The Morgan fingerprint density at radius 2 is 2.00 bits per heavy atom. The summed E-state index contributed by atoms with van der Waals surface area (Å²) in [5, 5.41) is 0. The molecule has 1 unspecified atom stereocenters. The van der Waals surface area contributed by atoms with Crippen molar-refractivity contribution in [3.05, 3.63) is 34.9 Å². The van der Waals surface area contributed by atoms with Gasteiger partial charge in [-0.05, 0) is 44.2 Å². The third-order valence-electron chi connectivity index (χ3n) is 2.71. The number of hydrogen-bond donors (Lipinski definition) is 0. The van der Waals surface area contributed by atoms with E-state index in [1.54, 1.807) is 6.92 Å². The summed E-state index contributed by atoms with van der Waals surface area (Å²) in [6.45, 7) is 8.05. The minimum Gasteiger partial charge on any atom is -0.300 e. The van der Waals surface area contributed by atoms with Gasteiger partial charge < -0.3 is 4.79 Å². The Kier molecular flexibility index (Phi) is 4.07. The van der Waals surface area contributed by atoms with Crippen LogP contribution in [0, 0.1) is 19.8 Å². The Balaban J connectivity index is 2.71. The fourth-order valence-corrected chi connectivity index (χ4v) is 1.96. The zero-order chi connectivity index (χ0) is 11.4. The first-order valence-electron chi connectivity index (χ1n) is 5.54. The first-order valence-corrected chi connectivity index (χ1v) is 5.54. The number of Topliss-reactive ketones (excluding diaryl/α,β-unsaturated/α-hetero) is 1. The topological polar surface area (TPSA) is 17.1 Å². The van der Waals surface area contributed by atoms with Crippen molar-refractivity contribution in [1.29, 1.82) is 0 Å². The second-order valence-electron chi connectivity index (χ2n) is 4.65. The normalized spacial score (nSPS) is 12.5. The van der Waals surface area contributed by atoms with Crippen LogP contribution in [0.1, 0.15) is 37.0 Å². The van der Waals surface area contributed by atoms with E-state index in [2.05, 4.69) is 39.0 Å². The molecular weight excluding hydrogens is 184 g/mol. The van der Waals surface area contributed by atoms with Crippen LogP contribution in [-0.4, -0.2) is 5.78 Å². The summed E-state index contributed by atoms with van der Waals surface area (Å²) in [5.74, 6) is 0.732. The van der Waals surface area contributed by atoms with Gasteiger partial charge in [0.25, 0.3) is 0 Å². The summed E-state index contributed by atoms with van der Waals surface area (Å²) in [7, 11) is 0. The number of carbonyl (C=O) groups is 1. The number of ketones is 1. The van der Waals surface area contributed by atoms with E-state index in [-0.39, 0.29) is 5.78 Å². The quantitative estimate of drug-likeness (QED) is 0.734. The van der Waals surface area contributed by atoms with E-state index in [1.165, 1.54) is 16.7 Å². The van der Waals surface area contributed by atoms with E-state index in [0.717, 1.165) is 6.42 Å². The van der Waals surface area contributed by atoms with Crippen LogP contribution in [0.2, 0.25) is 0 Å². The van der Waals surface area contributed by atoms with E-state index < -0.39 is 0 Å². The average molecular weight is 204 g/mol. The summed E-state index contributed by atoms with van der Waals surface area (Å²) < 4.78 is 0. The largest absolute Gasteiger partial charge is 0.300 e. The van der Waals surface area contributed by atoms with Crippen LogP contribution in [-0.2, 0) is 11.2 Å². The van der Waals surface area contributed by atoms with Gasteiger partial charge in [0, 0.05) is 6.42 Å². The summed E-state index contributed by atoms with van der Waals surface area (Å²) in [5.41, 5.74) is 4.00. The molecular formula is C14H20O. The molecule has 15 heavy (non-hydrogen) atoms. The Morgan fingerprint density at radius 3 is 2.60 bits per heavy atom. The minimum absolute atomic E-state index is 0.285.